The zero-order chi connectivity index (χ0) is 16.7. The van der Waals surface area contributed by atoms with Gasteiger partial charge < -0.3 is 18.8 Å². The van der Waals surface area contributed by atoms with Gasteiger partial charge in [-0.1, -0.05) is 6.92 Å². The van der Waals surface area contributed by atoms with Crippen molar-refractivity contribution in [3.8, 4) is 0 Å². The molecule has 10 nitrogen and oxygen atoms in total. The summed E-state index contributed by atoms with van der Waals surface area (Å²) in [5.41, 5.74) is 2.76. The number of aliphatic hydroxyl groups is 2. The summed E-state index contributed by atoms with van der Waals surface area (Å²) in [6.07, 6.45) is -0.739. The summed E-state index contributed by atoms with van der Waals surface area (Å²) in [7, 11) is -9.37. The Bertz CT molecular complexity index is 518. The van der Waals surface area contributed by atoms with Crippen molar-refractivity contribution in [2.45, 2.75) is 36.4 Å². The van der Waals surface area contributed by atoms with Crippen LogP contribution in [0.15, 0.2) is 0 Å². The maximum absolute atomic E-state index is 12.3. The van der Waals surface area contributed by atoms with Crippen LogP contribution in [0.4, 0.5) is 0 Å². The predicted octanol–water partition coefficient (Wildman–Crippen LogP) is -8.02. The van der Waals surface area contributed by atoms with Crippen LogP contribution in [0.25, 0.3) is 0 Å². The predicted molar refractivity (Wildman–Crippen MR) is 75.7 cm³/mol. The molecule has 0 amide bonds. The molecule has 0 saturated carbocycles. The number of hydrogen-bond donors (Lipinski definition) is 4. The second-order valence-electron chi connectivity index (χ2n) is 4.29. The Morgan fingerprint density at radius 1 is 1.22 bits per heavy atom. The molecule has 0 aliphatic rings. The number of aliphatic hydroxyl groups excluding tert-OH is 2. The summed E-state index contributed by atoms with van der Waals surface area (Å²) >= 11 is 0. The van der Waals surface area contributed by atoms with Gasteiger partial charge in [-0.2, -0.15) is 27.0 Å². The molecular formula is C9H24N2Na2O8S2. The molecule has 0 saturated heterocycles. The molecule has 132 valence electrons. The Morgan fingerprint density at radius 2 is 1.74 bits per heavy atom. The maximum Gasteiger partial charge on any atom is 1.00 e. The van der Waals surface area contributed by atoms with Crippen molar-refractivity contribution >= 4 is 20.2 Å². The summed E-state index contributed by atoms with van der Waals surface area (Å²) in [5.74, 6) is 4.56. The molecule has 0 aromatic carbocycles. The van der Waals surface area contributed by atoms with E-state index in [2.05, 4.69) is 10.2 Å². The molecule has 0 bridgehead atoms. The number of nitrogens with two attached hydrogens (primary N) is 2. The third kappa shape index (κ3) is 7.43. The molecule has 0 radical (unpaired) electrons. The Morgan fingerprint density at radius 3 is 2.09 bits per heavy atom. The van der Waals surface area contributed by atoms with Gasteiger partial charge in [0.2, 0.25) is 5.44 Å². The van der Waals surface area contributed by atoms with Crippen molar-refractivity contribution in [1.82, 2.24) is 0 Å². The summed E-state index contributed by atoms with van der Waals surface area (Å²) < 4.78 is 53.7. The van der Waals surface area contributed by atoms with Crippen LogP contribution in [-0.2, 0) is 28.7 Å². The van der Waals surface area contributed by atoms with Crippen molar-refractivity contribution in [3.63, 3.8) is 0 Å². The molecule has 0 aromatic rings. The van der Waals surface area contributed by atoms with Crippen LogP contribution in [0, 0.1) is 0 Å². The Labute approximate surface area is 184 Å². The first kappa shape index (κ1) is 29.4. The van der Waals surface area contributed by atoms with Gasteiger partial charge in [0, 0.05) is 6.61 Å². The monoisotopic (exact) mass is 398 g/mol. The average Bonchev–Trinajstić information content (AvgIpc) is 2.43. The SMILES string of the molecule is CCCOS(=O)(=O)C(CCN)(CCO)C(O)S(=O)(=O)ON.[H-].[H-].[Na+].[Na+]. The molecule has 0 aliphatic carbocycles. The van der Waals surface area contributed by atoms with E-state index in [0.717, 1.165) is 0 Å². The fraction of sp³-hybridized carbons (Fsp3) is 1.00. The summed E-state index contributed by atoms with van der Waals surface area (Å²) in [6.45, 7) is 0.441. The van der Waals surface area contributed by atoms with Crippen LogP contribution in [0.3, 0.4) is 0 Å². The van der Waals surface area contributed by atoms with Gasteiger partial charge in [0.1, 0.15) is 4.75 Å². The minimum Gasteiger partial charge on any atom is -1.00 e. The fourth-order valence-electron chi connectivity index (χ4n) is 1.81. The van der Waals surface area contributed by atoms with Gasteiger partial charge in [-0.15, -0.1) is 0 Å². The summed E-state index contributed by atoms with van der Waals surface area (Å²) in [5, 5.41) is 19.0. The zero-order valence-corrected chi connectivity index (χ0v) is 19.3. The largest absolute Gasteiger partial charge is 1.00 e. The van der Waals surface area contributed by atoms with Crippen molar-refractivity contribution in [3.05, 3.63) is 0 Å². The third-order valence-corrected chi connectivity index (χ3v) is 6.42. The van der Waals surface area contributed by atoms with E-state index in [4.69, 9.17) is 15.0 Å². The minimum absolute atomic E-state index is 0. The Hall–Kier alpha value is 1.66. The van der Waals surface area contributed by atoms with E-state index in [0.29, 0.717) is 6.42 Å². The molecule has 23 heavy (non-hydrogen) atoms. The van der Waals surface area contributed by atoms with E-state index >= 15 is 0 Å². The Kier molecular flexibility index (Phi) is 16.5. The molecule has 2 unspecified atom stereocenters. The van der Waals surface area contributed by atoms with E-state index in [1.54, 1.807) is 6.92 Å². The average molecular weight is 398 g/mol. The van der Waals surface area contributed by atoms with Crippen molar-refractivity contribution in [2.24, 2.45) is 11.6 Å². The first-order valence-electron chi connectivity index (χ1n) is 6.15. The van der Waals surface area contributed by atoms with Gasteiger partial charge >= 0.3 is 69.2 Å². The minimum atomic E-state index is -4.80. The van der Waals surface area contributed by atoms with Gasteiger partial charge in [0.25, 0.3) is 10.1 Å². The van der Waals surface area contributed by atoms with Crippen molar-refractivity contribution < 1.29 is 97.5 Å². The summed E-state index contributed by atoms with van der Waals surface area (Å²) in [6, 6.07) is 0. The quantitative estimate of drug-likeness (QED) is 0.148. The van der Waals surface area contributed by atoms with Gasteiger partial charge in [-0.25, -0.2) is 0 Å². The number of rotatable bonds is 11. The third-order valence-electron chi connectivity index (χ3n) is 2.90. The molecular weight excluding hydrogens is 374 g/mol. The van der Waals surface area contributed by atoms with Crippen LogP contribution in [-0.4, -0.2) is 57.0 Å². The molecule has 0 heterocycles. The van der Waals surface area contributed by atoms with Crippen LogP contribution in [0.5, 0.6) is 0 Å². The topological polar surface area (TPSA) is 179 Å². The maximum atomic E-state index is 12.3. The van der Waals surface area contributed by atoms with E-state index in [-0.39, 0.29) is 75.1 Å². The zero-order valence-electron chi connectivity index (χ0n) is 15.6. The van der Waals surface area contributed by atoms with E-state index in [1.165, 1.54) is 0 Å². The second kappa shape index (κ2) is 12.9. The van der Waals surface area contributed by atoms with Crippen molar-refractivity contribution in [1.29, 1.82) is 0 Å². The molecule has 6 N–H and O–H groups in total. The molecule has 2 atom stereocenters. The number of hydrogen-bond acceptors (Lipinski definition) is 10. The molecule has 0 aromatic heterocycles. The Balaban J connectivity index is -0.000000333. The normalized spacial score (nSPS) is 15.9. The molecule has 0 aliphatic heterocycles. The van der Waals surface area contributed by atoms with E-state index < -0.39 is 49.9 Å². The van der Waals surface area contributed by atoms with Crippen LogP contribution < -0.4 is 70.7 Å². The molecule has 0 rings (SSSR count). The van der Waals surface area contributed by atoms with Crippen LogP contribution >= 0.6 is 0 Å². The molecule has 14 heteroatoms. The van der Waals surface area contributed by atoms with Crippen LogP contribution in [0.2, 0.25) is 0 Å². The van der Waals surface area contributed by atoms with Gasteiger partial charge in [-0.3, -0.25) is 4.18 Å². The van der Waals surface area contributed by atoms with Gasteiger partial charge in [0.15, 0.2) is 0 Å². The van der Waals surface area contributed by atoms with E-state index in [9.17, 15) is 21.9 Å². The molecule has 0 spiro atoms. The standard InChI is InChI=1S/C9H22N2O8S2.2Na.2H/c1-2-7-18-21(16,17)9(3-5-10,4-6-12)8(13)20(14,15)19-11;;;;/h8,12-13H,2-7,10-11H2,1H3;;;;/q;2*+1;2*-1. The van der Waals surface area contributed by atoms with Crippen molar-refractivity contribution in [2.75, 3.05) is 19.8 Å². The molecule has 0 fully saturated rings. The first-order valence-corrected chi connectivity index (χ1v) is 9.03. The van der Waals surface area contributed by atoms with Gasteiger partial charge in [-0.05, 0) is 25.8 Å². The second-order valence-corrected chi connectivity index (χ2v) is 7.88. The summed E-state index contributed by atoms with van der Waals surface area (Å²) in [4.78, 5) is 0. The van der Waals surface area contributed by atoms with E-state index in [1.807, 2.05) is 0 Å². The van der Waals surface area contributed by atoms with Gasteiger partial charge in [0.05, 0.1) is 6.61 Å². The smallest absolute Gasteiger partial charge is 1.00 e. The van der Waals surface area contributed by atoms with Crippen LogP contribution in [0.1, 0.15) is 29.0 Å². The fourth-order valence-corrected chi connectivity index (χ4v) is 4.96. The first-order chi connectivity index (χ1) is 9.65.